The van der Waals surface area contributed by atoms with Crippen molar-refractivity contribution in [3.8, 4) is 0 Å². The summed E-state index contributed by atoms with van der Waals surface area (Å²) in [7, 11) is 0. The first kappa shape index (κ1) is 14.9. The average molecular weight is 282 g/mol. The highest BCUT2D eigenvalue weighted by molar-refractivity contribution is 5.89. The summed E-state index contributed by atoms with van der Waals surface area (Å²) in [5.74, 6) is 0. The Kier molecular flexibility index (Phi) is 3.78. The van der Waals surface area contributed by atoms with Crippen LogP contribution in [0.5, 0.6) is 0 Å². The van der Waals surface area contributed by atoms with E-state index in [0.29, 0.717) is 5.39 Å². The topological polar surface area (TPSA) is 20.2 Å². The third-order valence-corrected chi connectivity index (χ3v) is 3.61. The molecule has 0 radical (unpaired) electrons. The molecular weight excluding hydrogens is 265 g/mol. The molecule has 2 rings (SSSR count). The number of halogens is 3. The van der Waals surface area contributed by atoms with E-state index in [1.807, 2.05) is 13.0 Å². The van der Waals surface area contributed by atoms with Gasteiger partial charge in [0.05, 0.1) is 0 Å². The van der Waals surface area contributed by atoms with Gasteiger partial charge in [0.1, 0.15) is 0 Å². The zero-order valence-corrected chi connectivity index (χ0v) is 11.5. The largest absolute Gasteiger partial charge is 0.421 e. The molecule has 1 atom stereocenters. The first-order valence-electron chi connectivity index (χ1n) is 6.59. The molecule has 1 unspecified atom stereocenters. The van der Waals surface area contributed by atoms with Crippen LogP contribution in [0.4, 0.5) is 13.2 Å². The molecule has 4 heteroatoms. The summed E-state index contributed by atoms with van der Waals surface area (Å²) in [6, 6.07) is 9.99. The van der Waals surface area contributed by atoms with E-state index >= 15 is 0 Å². The van der Waals surface area contributed by atoms with Crippen molar-refractivity contribution in [1.29, 1.82) is 0 Å². The zero-order chi connectivity index (χ0) is 15.0. The smallest absolute Gasteiger partial charge is 0.376 e. The van der Waals surface area contributed by atoms with E-state index < -0.39 is 11.8 Å². The minimum absolute atomic E-state index is 0.0968. The van der Waals surface area contributed by atoms with Crippen LogP contribution >= 0.6 is 0 Å². The van der Waals surface area contributed by atoms with E-state index in [9.17, 15) is 18.3 Å². The summed E-state index contributed by atoms with van der Waals surface area (Å²) in [6.07, 6.45) is -2.99. The van der Waals surface area contributed by atoms with Crippen LogP contribution in [0.25, 0.3) is 10.8 Å². The van der Waals surface area contributed by atoms with Crippen molar-refractivity contribution in [2.45, 2.75) is 38.5 Å². The molecule has 20 heavy (non-hydrogen) atoms. The predicted molar refractivity (Wildman–Crippen MR) is 73.6 cm³/mol. The number of aryl methyl sites for hydroxylation is 1. The van der Waals surface area contributed by atoms with Gasteiger partial charge in [-0.3, -0.25) is 0 Å². The van der Waals surface area contributed by atoms with Gasteiger partial charge in [-0.2, -0.15) is 13.2 Å². The second kappa shape index (κ2) is 5.09. The molecule has 0 amide bonds. The summed E-state index contributed by atoms with van der Waals surface area (Å²) in [5.41, 5.74) is -1.94. The van der Waals surface area contributed by atoms with Gasteiger partial charge < -0.3 is 5.11 Å². The lowest BCUT2D eigenvalue weighted by Crippen LogP contribution is -2.39. The molecule has 0 fully saturated rings. The second-order valence-corrected chi connectivity index (χ2v) is 5.14. The van der Waals surface area contributed by atoms with Gasteiger partial charge in [-0.05, 0) is 29.7 Å². The minimum atomic E-state index is -4.71. The Balaban J connectivity index is 2.70. The molecule has 0 heterocycles. The minimum Gasteiger partial charge on any atom is -0.376 e. The molecule has 0 spiro atoms. The van der Waals surface area contributed by atoms with Gasteiger partial charge in [-0.15, -0.1) is 0 Å². The van der Waals surface area contributed by atoms with Crippen LogP contribution < -0.4 is 0 Å². The van der Waals surface area contributed by atoms with E-state index in [1.54, 1.807) is 24.3 Å². The third-order valence-electron chi connectivity index (χ3n) is 3.61. The number of alkyl halides is 3. The molecule has 108 valence electrons. The van der Waals surface area contributed by atoms with Crippen molar-refractivity contribution in [1.82, 2.24) is 0 Å². The van der Waals surface area contributed by atoms with Crippen LogP contribution in [0.1, 0.15) is 31.4 Å². The standard InChI is InChI=1S/C16H17F3O/c1-3-6-11-7-4-9-13-12(11)8-5-10-14(13)15(2,20)16(17,18)19/h4-5,7-10,20H,3,6H2,1-2H3. The lowest BCUT2D eigenvalue weighted by Gasteiger charge is -2.28. The fraction of sp³-hybridized carbons (Fsp3) is 0.375. The fourth-order valence-corrected chi connectivity index (χ4v) is 2.44. The van der Waals surface area contributed by atoms with Crippen molar-refractivity contribution in [3.63, 3.8) is 0 Å². The highest BCUT2D eigenvalue weighted by Gasteiger charge is 2.51. The van der Waals surface area contributed by atoms with E-state index in [1.165, 1.54) is 6.07 Å². The Bertz CT molecular complexity index is 615. The third kappa shape index (κ3) is 2.40. The van der Waals surface area contributed by atoms with Gasteiger partial charge in [0.25, 0.3) is 0 Å². The molecule has 1 N–H and O–H groups in total. The second-order valence-electron chi connectivity index (χ2n) is 5.14. The quantitative estimate of drug-likeness (QED) is 0.874. The van der Waals surface area contributed by atoms with E-state index in [-0.39, 0.29) is 5.56 Å². The lowest BCUT2D eigenvalue weighted by molar-refractivity contribution is -0.258. The van der Waals surface area contributed by atoms with Crippen molar-refractivity contribution >= 4 is 10.8 Å². The molecular formula is C16H17F3O. The normalized spacial score (nSPS) is 15.3. The number of benzene rings is 2. The number of hydrogen-bond acceptors (Lipinski definition) is 1. The van der Waals surface area contributed by atoms with Crippen LogP contribution in [-0.4, -0.2) is 11.3 Å². The van der Waals surface area contributed by atoms with E-state index in [0.717, 1.165) is 30.7 Å². The Morgan fingerprint density at radius 3 is 2.20 bits per heavy atom. The lowest BCUT2D eigenvalue weighted by atomic mass is 9.88. The van der Waals surface area contributed by atoms with Crippen molar-refractivity contribution in [3.05, 3.63) is 47.5 Å². The number of fused-ring (bicyclic) bond motifs is 1. The Labute approximate surface area is 116 Å². The SMILES string of the molecule is CCCc1cccc2c(C(C)(O)C(F)(F)F)cccc12. The Hall–Kier alpha value is -1.55. The Morgan fingerprint density at radius 1 is 1.00 bits per heavy atom. The van der Waals surface area contributed by atoms with Gasteiger partial charge >= 0.3 is 6.18 Å². The molecule has 0 bridgehead atoms. The van der Waals surface area contributed by atoms with Crippen molar-refractivity contribution in [2.24, 2.45) is 0 Å². The van der Waals surface area contributed by atoms with Crippen LogP contribution in [0.15, 0.2) is 36.4 Å². The molecule has 2 aromatic rings. The van der Waals surface area contributed by atoms with Gasteiger partial charge in [-0.1, -0.05) is 49.7 Å². The maximum atomic E-state index is 13.0. The van der Waals surface area contributed by atoms with Gasteiger partial charge in [0.2, 0.25) is 0 Å². The maximum absolute atomic E-state index is 13.0. The molecule has 1 nitrogen and oxygen atoms in total. The predicted octanol–water partition coefficient (Wildman–Crippen LogP) is 4.56. The molecule has 0 saturated heterocycles. The first-order chi connectivity index (χ1) is 9.29. The summed E-state index contributed by atoms with van der Waals surface area (Å²) in [5, 5.41) is 11.1. The molecule has 0 aliphatic rings. The molecule has 0 aromatic heterocycles. The molecule has 0 aliphatic heterocycles. The first-order valence-corrected chi connectivity index (χ1v) is 6.59. The van der Waals surface area contributed by atoms with Crippen LogP contribution in [-0.2, 0) is 12.0 Å². The van der Waals surface area contributed by atoms with Gasteiger partial charge in [0.15, 0.2) is 5.60 Å². The van der Waals surface area contributed by atoms with Crippen LogP contribution in [0.3, 0.4) is 0 Å². The number of rotatable bonds is 3. The Morgan fingerprint density at radius 2 is 1.60 bits per heavy atom. The monoisotopic (exact) mass is 282 g/mol. The van der Waals surface area contributed by atoms with E-state index in [2.05, 4.69) is 0 Å². The average Bonchev–Trinajstić information content (AvgIpc) is 2.37. The number of hydrogen-bond donors (Lipinski definition) is 1. The highest BCUT2D eigenvalue weighted by atomic mass is 19.4. The molecule has 0 aliphatic carbocycles. The van der Waals surface area contributed by atoms with Gasteiger partial charge in [0, 0.05) is 5.56 Å². The van der Waals surface area contributed by atoms with Crippen molar-refractivity contribution < 1.29 is 18.3 Å². The molecule has 0 saturated carbocycles. The highest BCUT2D eigenvalue weighted by Crippen LogP contribution is 2.41. The summed E-state index contributed by atoms with van der Waals surface area (Å²) in [4.78, 5) is 0. The van der Waals surface area contributed by atoms with Crippen LogP contribution in [0, 0.1) is 0 Å². The van der Waals surface area contributed by atoms with Gasteiger partial charge in [-0.25, -0.2) is 0 Å². The van der Waals surface area contributed by atoms with E-state index in [4.69, 9.17) is 0 Å². The summed E-state index contributed by atoms with van der Waals surface area (Å²) < 4.78 is 39.1. The summed E-state index contributed by atoms with van der Waals surface area (Å²) >= 11 is 0. The maximum Gasteiger partial charge on any atom is 0.421 e. The summed E-state index contributed by atoms with van der Waals surface area (Å²) in [6.45, 7) is 2.82. The zero-order valence-electron chi connectivity index (χ0n) is 11.5. The van der Waals surface area contributed by atoms with Crippen molar-refractivity contribution in [2.75, 3.05) is 0 Å². The molecule has 2 aromatic carbocycles. The number of aliphatic hydroxyl groups is 1. The van der Waals surface area contributed by atoms with Crippen LogP contribution in [0.2, 0.25) is 0 Å². The fourth-order valence-electron chi connectivity index (χ4n) is 2.44.